The Bertz CT molecular complexity index is 525. The number of aromatic nitrogens is 1. The summed E-state index contributed by atoms with van der Waals surface area (Å²) in [5.74, 6) is 0.648. The van der Waals surface area contributed by atoms with Crippen LogP contribution in [0.2, 0.25) is 0 Å². The highest BCUT2D eigenvalue weighted by Gasteiger charge is 2.09. The minimum atomic E-state index is -0.0884. The van der Waals surface area contributed by atoms with E-state index < -0.39 is 0 Å². The molecule has 0 bridgehead atoms. The quantitative estimate of drug-likeness (QED) is 0.612. The molecule has 3 nitrogen and oxygen atoms in total. The lowest BCUT2D eigenvalue weighted by atomic mass is 10.1. The molecular formula is C12H11NO2. The number of benzene rings is 1. The maximum absolute atomic E-state index is 11.5. The van der Waals surface area contributed by atoms with Crippen molar-refractivity contribution in [3.05, 3.63) is 42.6 Å². The smallest absolute Gasteiger partial charge is 0.187 e. The van der Waals surface area contributed by atoms with Crippen LogP contribution in [-0.4, -0.2) is 17.9 Å². The predicted molar refractivity (Wildman–Crippen MR) is 59.4 cm³/mol. The number of ketones is 1. The minimum Gasteiger partial charge on any atom is -0.497 e. The van der Waals surface area contributed by atoms with Crippen molar-refractivity contribution < 1.29 is 9.53 Å². The van der Waals surface area contributed by atoms with Crippen molar-refractivity contribution in [2.75, 3.05) is 7.11 Å². The van der Waals surface area contributed by atoms with Gasteiger partial charge in [-0.05, 0) is 24.3 Å². The van der Waals surface area contributed by atoms with Crippen LogP contribution in [0.5, 0.6) is 5.75 Å². The second kappa shape index (κ2) is 3.61. The molecule has 0 aliphatic rings. The number of hydrogen-bond donors (Lipinski definition) is 1. The largest absolute Gasteiger partial charge is 0.497 e. The Morgan fingerprint density at radius 1 is 1.53 bits per heavy atom. The second-order valence-corrected chi connectivity index (χ2v) is 3.18. The summed E-state index contributed by atoms with van der Waals surface area (Å²) in [6.45, 7) is 3.47. The highest BCUT2D eigenvalue weighted by Crippen LogP contribution is 2.23. The van der Waals surface area contributed by atoms with E-state index in [2.05, 4.69) is 11.6 Å². The van der Waals surface area contributed by atoms with Crippen molar-refractivity contribution in [2.24, 2.45) is 0 Å². The van der Waals surface area contributed by atoms with Crippen molar-refractivity contribution in [2.45, 2.75) is 0 Å². The van der Waals surface area contributed by atoms with E-state index in [4.69, 9.17) is 4.74 Å². The van der Waals surface area contributed by atoms with E-state index in [0.717, 1.165) is 16.7 Å². The Hall–Kier alpha value is -2.03. The number of allylic oxidation sites excluding steroid dienone is 1. The van der Waals surface area contributed by atoms with Gasteiger partial charge in [-0.2, -0.15) is 0 Å². The average molecular weight is 201 g/mol. The molecule has 0 radical (unpaired) electrons. The van der Waals surface area contributed by atoms with Crippen LogP contribution in [0.25, 0.3) is 10.9 Å². The zero-order chi connectivity index (χ0) is 10.8. The van der Waals surface area contributed by atoms with E-state index in [1.165, 1.54) is 6.08 Å². The fourth-order valence-corrected chi connectivity index (χ4v) is 1.54. The van der Waals surface area contributed by atoms with E-state index >= 15 is 0 Å². The molecule has 0 amide bonds. The Kier molecular flexibility index (Phi) is 2.29. The first kappa shape index (κ1) is 9.52. The fourth-order valence-electron chi connectivity index (χ4n) is 1.54. The highest BCUT2D eigenvalue weighted by atomic mass is 16.5. The molecule has 1 heterocycles. The third-order valence-corrected chi connectivity index (χ3v) is 2.34. The van der Waals surface area contributed by atoms with Gasteiger partial charge in [-0.25, -0.2) is 0 Å². The van der Waals surface area contributed by atoms with E-state index in [-0.39, 0.29) is 5.78 Å². The van der Waals surface area contributed by atoms with Crippen LogP contribution in [0.3, 0.4) is 0 Å². The third kappa shape index (κ3) is 1.52. The van der Waals surface area contributed by atoms with Crippen molar-refractivity contribution in [3.63, 3.8) is 0 Å². The lowest BCUT2D eigenvalue weighted by Gasteiger charge is -1.99. The van der Waals surface area contributed by atoms with Gasteiger partial charge in [0.15, 0.2) is 5.78 Å². The van der Waals surface area contributed by atoms with Crippen LogP contribution < -0.4 is 4.74 Å². The van der Waals surface area contributed by atoms with Crippen LogP contribution in [0, 0.1) is 0 Å². The topological polar surface area (TPSA) is 42.1 Å². The molecule has 0 unspecified atom stereocenters. The van der Waals surface area contributed by atoms with Gasteiger partial charge in [0.1, 0.15) is 5.75 Å². The summed E-state index contributed by atoms with van der Waals surface area (Å²) in [7, 11) is 1.60. The Labute approximate surface area is 87.4 Å². The van der Waals surface area contributed by atoms with Crippen molar-refractivity contribution in [1.29, 1.82) is 0 Å². The fraction of sp³-hybridized carbons (Fsp3) is 0.0833. The Balaban J connectivity index is 2.66. The zero-order valence-electron chi connectivity index (χ0n) is 8.41. The Morgan fingerprint density at radius 3 is 3.00 bits per heavy atom. The van der Waals surface area contributed by atoms with Gasteiger partial charge in [0.2, 0.25) is 0 Å². The standard InChI is InChI=1S/C12H11NO2/c1-3-12(14)10-7-13-11-5-4-8(15-2)6-9(10)11/h3-7,13H,1H2,2H3. The summed E-state index contributed by atoms with van der Waals surface area (Å²) in [5.41, 5.74) is 1.54. The first-order valence-electron chi connectivity index (χ1n) is 4.58. The molecule has 0 atom stereocenters. The molecule has 0 fully saturated rings. The number of nitrogens with one attached hydrogen (secondary N) is 1. The normalized spacial score (nSPS) is 10.2. The molecule has 1 aromatic carbocycles. The molecule has 3 heteroatoms. The summed E-state index contributed by atoms with van der Waals surface area (Å²) < 4.78 is 5.11. The molecule has 0 spiro atoms. The van der Waals surface area contributed by atoms with E-state index in [1.807, 2.05) is 18.2 Å². The first-order chi connectivity index (χ1) is 7.26. The van der Waals surface area contributed by atoms with Gasteiger partial charge in [0.25, 0.3) is 0 Å². The number of methoxy groups -OCH3 is 1. The molecule has 0 aliphatic heterocycles. The number of rotatable bonds is 3. The Morgan fingerprint density at radius 2 is 2.33 bits per heavy atom. The lowest BCUT2D eigenvalue weighted by molar-refractivity contribution is 0.104. The van der Waals surface area contributed by atoms with Crippen molar-refractivity contribution in [1.82, 2.24) is 4.98 Å². The highest BCUT2D eigenvalue weighted by molar-refractivity contribution is 6.13. The number of carbonyl (C=O) groups is 1. The van der Waals surface area contributed by atoms with E-state index in [9.17, 15) is 4.79 Å². The van der Waals surface area contributed by atoms with Crippen LogP contribution in [0.15, 0.2) is 37.1 Å². The molecular weight excluding hydrogens is 190 g/mol. The molecule has 0 saturated heterocycles. The molecule has 2 rings (SSSR count). The van der Waals surface area contributed by atoms with Gasteiger partial charge in [-0.1, -0.05) is 6.58 Å². The summed E-state index contributed by atoms with van der Waals surface area (Å²) in [5, 5.41) is 0.860. The van der Waals surface area contributed by atoms with Gasteiger partial charge < -0.3 is 9.72 Å². The predicted octanol–water partition coefficient (Wildman–Crippen LogP) is 2.55. The molecule has 0 saturated carbocycles. The zero-order valence-corrected chi connectivity index (χ0v) is 8.41. The molecule has 1 N–H and O–H groups in total. The van der Waals surface area contributed by atoms with E-state index in [1.54, 1.807) is 13.3 Å². The lowest BCUT2D eigenvalue weighted by Crippen LogP contribution is -1.91. The average Bonchev–Trinajstić information content (AvgIpc) is 2.70. The number of H-pyrrole nitrogens is 1. The van der Waals surface area contributed by atoms with Crippen molar-refractivity contribution in [3.8, 4) is 5.75 Å². The number of ether oxygens (including phenoxy) is 1. The number of carbonyl (C=O) groups excluding carboxylic acids is 1. The van der Waals surface area contributed by atoms with Gasteiger partial charge in [0, 0.05) is 22.7 Å². The third-order valence-electron chi connectivity index (χ3n) is 2.34. The number of hydrogen-bond acceptors (Lipinski definition) is 2. The monoisotopic (exact) mass is 201 g/mol. The van der Waals surface area contributed by atoms with Gasteiger partial charge in [-0.15, -0.1) is 0 Å². The molecule has 2 aromatic rings. The molecule has 1 aromatic heterocycles. The minimum absolute atomic E-state index is 0.0884. The number of aromatic amines is 1. The number of fused-ring (bicyclic) bond motifs is 1. The van der Waals surface area contributed by atoms with E-state index in [0.29, 0.717) is 5.56 Å². The van der Waals surface area contributed by atoms with Crippen LogP contribution >= 0.6 is 0 Å². The van der Waals surface area contributed by atoms with Crippen LogP contribution in [0.1, 0.15) is 10.4 Å². The maximum Gasteiger partial charge on any atom is 0.187 e. The molecule has 76 valence electrons. The van der Waals surface area contributed by atoms with Gasteiger partial charge in [0.05, 0.1) is 7.11 Å². The van der Waals surface area contributed by atoms with Crippen LogP contribution in [0.4, 0.5) is 0 Å². The van der Waals surface area contributed by atoms with Crippen LogP contribution in [-0.2, 0) is 0 Å². The molecule has 0 aliphatic carbocycles. The molecule has 15 heavy (non-hydrogen) atoms. The summed E-state index contributed by atoms with van der Waals surface area (Å²) in [6.07, 6.45) is 3.00. The summed E-state index contributed by atoms with van der Waals surface area (Å²) >= 11 is 0. The van der Waals surface area contributed by atoms with Crippen molar-refractivity contribution >= 4 is 16.7 Å². The summed E-state index contributed by atoms with van der Waals surface area (Å²) in [6, 6.07) is 5.57. The van der Waals surface area contributed by atoms with Gasteiger partial charge >= 0.3 is 0 Å². The SMILES string of the molecule is C=CC(=O)c1c[nH]c2ccc(OC)cc12. The summed E-state index contributed by atoms with van der Waals surface area (Å²) in [4.78, 5) is 14.5. The maximum atomic E-state index is 11.5. The van der Waals surface area contributed by atoms with Gasteiger partial charge in [-0.3, -0.25) is 4.79 Å². The first-order valence-corrected chi connectivity index (χ1v) is 4.58. The second-order valence-electron chi connectivity index (χ2n) is 3.18.